The molecule has 0 fully saturated rings. The highest BCUT2D eigenvalue weighted by molar-refractivity contribution is 9.10. The van der Waals surface area contributed by atoms with Crippen LogP contribution >= 0.6 is 15.9 Å². The molecule has 0 aromatic heterocycles. The van der Waals surface area contributed by atoms with Gasteiger partial charge in [0.05, 0.1) is 24.5 Å². The highest BCUT2D eigenvalue weighted by Gasteiger charge is 2.07. The summed E-state index contributed by atoms with van der Waals surface area (Å²) >= 11 is 3.26. The van der Waals surface area contributed by atoms with E-state index in [-0.39, 0.29) is 12.5 Å². The van der Waals surface area contributed by atoms with Crippen LogP contribution in [0.15, 0.2) is 22.7 Å². The Morgan fingerprint density at radius 1 is 1.50 bits per heavy atom. The number of ether oxygens (including phenoxy) is 2. The summed E-state index contributed by atoms with van der Waals surface area (Å²) in [5, 5.41) is 11.5. The number of nitrogens with zero attached hydrogens (tertiary/aromatic N) is 1. The monoisotopic (exact) mass is 312 g/mol. The zero-order valence-electron chi connectivity index (χ0n) is 9.90. The SMILES string of the molecule is COCCOCC(=O)Nc1ccc(Br)cc1C#N. The van der Waals surface area contributed by atoms with E-state index in [1.54, 1.807) is 25.3 Å². The van der Waals surface area contributed by atoms with Gasteiger partial charge in [-0.2, -0.15) is 5.26 Å². The molecule has 0 saturated carbocycles. The predicted octanol–water partition coefficient (Wildman–Crippen LogP) is 1.92. The third kappa shape index (κ3) is 4.84. The topological polar surface area (TPSA) is 71.3 Å². The average Bonchev–Trinajstić information content (AvgIpc) is 2.37. The predicted molar refractivity (Wildman–Crippen MR) is 70.2 cm³/mol. The number of carbonyl (C=O) groups excluding carboxylic acids is 1. The van der Waals surface area contributed by atoms with Gasteiger partial charge in [0.1, 0.15) is 12.7 Å². The van der Waals surface area contributed by atoms with Gasteiger partial charge in [-0.1, -0.05) is 15.9 Å². The minimum Gasteiger partial charge on any atom is -0.382 e. The minimum atomic E-state index is -0.301. The Labute approximate surface area is 114 Å². The second kappa shape index (κ2) is 7.82. The number of halogens is 1. The van der Waals surface area contributed by atoms with Crippen LogP contribution in [0.4, 0.5) is 5.69 Å². The molecule has 0 unspecified atom stereocenters. The summed E-state index contributed by atoms with van der Waals surface area (Å²) in [6.45, 7) is 0.731. The van der Waals surface area contributed by atoms with Gasteiger partial charge in [-0.3, -0.25) is 4.79 Å². The number of amides is 1. The Bertz CT molecular complexity index is 457. The van der Waals surface area contributed by atoms with Gasteiger partial charge in [-0.05, 0) is 18.2 Å². The molecule has 0 aliphatic carbocycles. The van der Waals surface area contributed by atoms with Crippen molar-refractivity contribution in [3.8, 4) is 6.07 Å². The molecule has 1 N–H and O–H groups in total. The molecule has 96 valence electrons. The maximum absolute atomic E-state index is 11.5. The standard InChI is InChI=1S/C12H13BrN2O3/c1-17-4-5-18-8-12(16)15-11-3-2-10(13)6-9(11)7-14/h2-3,6H,4-5,8H2,1H3,(H,15,16). The molecule has 0 saturated heterocycles. The molecule has 0 spiro atoms. The van der Waals surface area contributed by atoms with E-state index in [1.807, 2.05) is 6.07 Å². The number of nitriles is 1. The summed E-state index contributed by atoms with van der Waals surface area (Å²) in [4.78, 5) is 11.5. The van der Waals surface area contributed by atoms with Gasteiger partial charge in [0.25, 0.3) is 0 Å². The van der Waals surface area contributed by atoms with Crippen LogP contribution in [-0.2, 0) is 14.3 Å². The van der Waals surface area contributed by atoms with Crippen molar-refractivity contribution in [3.63, 3.8) is 0 Å². The zero-order chi connectivity index (χ0) is 13.4. The lowest BCUT2D eigenvalue weighted by Crippen LogP contribution is -2.20. The summed E-state index contributed by atoms with van der Waals surface area (Å²) in [6, 6.07) is 7.07. The molecule has 0 bridgehead atoms. The van der Waals surface area contributed by atoms with Crippen molar-refractivity contribution in [3.05, 3.63) is 28.2 Å². The summed E-state index contributed by atoms with van der Waals surface area (Å²) in [7, 11) is 1.56. The van der Waals surface area contributed by atoms with Gasteiger partial charge in [0.2, 0.25) is 5.91 Å². The lowest BCUT2D eigenvalue weighted by molar-refractivity contribution is -0.121. The molecule has 5 nitrogen and oxygen atoms in total. The van der Waals surface area contributed by atoms with Crippen molar-refractivity contribution >= 4 is 27.5 Å². The van der Waals surface area contributed by atoms with Crippen molar-refractivity contribution in [1.29, 1.82) is 5.26 Å². The molecule has 0 atom stereocenters. The van der Waals surface area contributed by atoms with Crippen molar-refractivity contribution in [1.82, 2.24) is 0 Å². The second-order valence-corrected chi connectivity index (χ2v) is 4.31. The fraction of sp³-hybridized carbons (Fsp3) is 0.333. The van der Waals surface area contributed by atoms with Crippen LogP contribution in [-0.4, -0.2) is 32.8 Å². The Hall–Kier alpha value is -1.42. The van der Waals surface area contributed by atoms with Gasteiger partial charge >= 0.3 is 0 Å². The average molecular weight is 313 g/mol. The van der Waals surface area contributed by atoms with Crippen molar-refractivity contribution in [2.24, 2.45) is 0 Å². The molecule has 0 aliphatic heterocycles. The third-order valence-corrected chi connectivity index (χ3v) is 2.53. The Morgan fingerprint density at radius 3 is 2.94 bits per heavy atom. The molecule has 1 rings (SSSR count). The molecule has 0 radical (unpaired) electrons. The van der Waals surface area contributed by atoms with Crippen molar-refractivity contribution < 1.29 is 14.3 Å². The van der Waals surface area contributed by atoms with Crippen LogP contribution < -0.4 is 5.32 Å². The molecule has 0 aliphatic rings. The molecule has 6 heteroatoms. The number of hydrogen-bond donors (Lipinski definition) is 1. The van der Waals surface area contributed by atoms with E-state index in [4.69, 9.17) is 14.7 Å². The number of anilines is 1. The van der Waals surface area contributed by atoms with Crippen LogP contribution in [0.1, 0.15) is 5.56 Å². The largest absolute Gasteiger partial charge is 0.382 e. The van der Waals surface area contributed by atoms with Crippen LogP contribution in [0.25, 0.3) is 0 Å². The fourth-order valence-electron chi connectivity index (χ4n) is 1.21. The zero-order valence-corrected chi connectivity index (χ0v) is 11.5. The Balaban J connectivity index is 2.52. The van der Waals surface area contributed by atoms with Crippen molar-refractivity contribution in [2.75, 3.05) is 32.2 Å². The Morgan fingerprint density at radius 2 is 2.28 bits per heavy atom. The number of methoxy groups -OCH3 is 1. The molecule has 0 heterocycles. The van der Waals surface area contributed by atoms with Gasteiger partial charge in [0.15, 0.2) is 0 Å². The molecular formula is C12H13BrN2O3. The van der Waals surface area contributed by atoms with E-state index in [2.05, 4.69) is 21.2 Å². The molecule has 1 aromatic rings. The minimum absolute atomic E-state index is 0.0652. The van der Waals surface area contributed by atoms with E-state index in [9.17, 15) is 4.79 Å². The van der Waals surface area contributed by atoms with E-state index in [0.29, 0.717) is 24.5 Å². The summed E-state index contributed by atoms with van der Waals surface area (Å²) < 4.78 is 10.6. The highest BCUT2D eigenvalue weighted by atomic mass is 79.9. The lowest BCUT2D eigenvalue weighted by atomic mass is 10.2. The number of benzene rings is 1. The van der Waals surface area contributed by atoms with Gasteiger partial charge in [0, 0.05) is 11.6 Å². The summed E-state index contributed by atoms with van der Waals surface area (Å²) in [6.07, 6.45) is 0. The van der Waals surface area contributed by atoms with E-state index in [0.717, 1.165) is 4.47 Å². The first-order chi connectivity index (χ1) is 8.67. The fourth-order valence-corrected chi connectivity index (χ4v) is 1.57. The maximum Gasteiger partial charge on any atom is 0.250 e. The van der Waals surface area contributed by atoms with E-state index in [1.165, 1.54) is 0 Å². The van der Waals surface area contributed by atoms with Crippen LogP contribution in [0.2, 0.25) is 0 Å². The Kier molecular flexibility index (Phi) is 6.36. The number of carbonyl (C=O) groups is 1. The molecule has 1 amide bonds. The number of hydrogen-bond acceptors (Lipinski definition) is 4. The van der Waals surface area contributed by atoms with Crippen LogP contribution in [0, 0.1) is 11.3 Å². The van der Waals surface area contributed by atoms with Gasteiger partial charge in [-0.25, -0.2) is 0 Å². The third-order valence-electron chi connectivity index (χ3n) is 2.04. The molecule has 1 aromatic carbocycles. The molecule has 18 heavy (non-hydrogen) atoms. The first-order valence-electron chi connectivity index (χ1n) is 5.23. The van der Waals surface area contributed by atoms with Crippen molar-refractivity contribution in [2.45, 2.75) is 0 Å². The van der Waals surface area contributed by atoms with Gasteiger partial charge < -0.3 is 14.8 Å². The first kappa shape index (κ1) is 14.6. The summed E-state index contributed by atoms with van der Waals surface area (Å²) in [5.74, 6) is -0.301. The lowest BCUT2D eigenvalue weighted by Gasteiger charge is -2.07. The normalized spacial score (nSPS) is 9.83. The van der Waals surface area contributed by atoms with Gasteiger partial charge in [-0.15, -0.1) is 0 Å². The number of nitrogens with one attached hydrogen (secondary N) is 1. The van der Waals surface area contributed by atoms with Crippen LogP contribution in [0.5, 0.6) is 0 Å². The first-order valence-corrected chi connectivity index (χ1v) is 6.03. The maximum atomic E-state index is 11.5. The second-order valence-electron chi connectivity index (χ2n) is 3.40. The number of rotatable bonds is 6. The summed E-state index contributed by atoms with van der Waals surface area (Å²) in [5.41, 5.74) is 0.871. The quantitative estimate of drug-likeness (QED) is 0.815. The van der Waals surface area contributed by atoms with E-state index >= 15 is 0 Å². The molecular weight excluding hydrogens is 300 g/mol. The smallest absolute Gasteiger partial charge is 0.250 e. The highest BCUT2D eigenvalue weighted by Crippen LogP contribution is 2.20. The van der Waals surface area contributed by atoms with E-state index < -0.39 is 0 Å². The van der Waals surface area contributed by atoms with Crippen LogP contribution in [0.3, 0.4) is 0 Å².